The van der Waals surface area contributed by atoms with Gasteiger partial charge in [-0.05, 0) is 6.42 Å². The van der Waals surface area contributed by atoms with Gasteiger partial charge in [0.1, 0.15) is 6.29 Å². The van der Waals surface area contributed by atoms with Gasteiger partial charge in [-0.25, -0.2) is 0 Å². The molecule has 0 aliphatic heterocycles. The Morgan fingerprint density at radius 3 is 2.00 bits per heavy atom. The van der Waals surface area contributed by atoms with Gasteiger partial charge in [0.2, 0.25) is 0 Å². The van der Waals surface area contributed by atoms with E-state index >= 15 is 0 Å². The summed E-state index contributed by atoms with van der Waals surface area (Å²) in [6, 6.07) is 0. The van der Waals surface area contributed by atoms with Crippen LogP contribution in [0, 0.1) is 0 Å². The Balaban J connectivity index is -0.000000500. The smallest absolute Gasteiger partial charge is 1.00 e. The minimum atomic E-state index is 0. The van der Waals surface area contributed by atoms with Crippen LogP contribution in [0.25, 0.3) is 0 Å². The van der Waals surface area contributed by atoms with E-state index in [9.17, 15) is 4.79 Å². The van der Waals surface area contributed by atoms with Crippen LogP contribution >= 0.6 is 0 Å². The Morgan fingerprint density at radius 1 is 1.00 bits per heavy atom. The van der Waals surface area contributed by atoms with E-state index in [2.05, 4.69) is 6.92 Å². The van der Waals surface area contributed by atoms with Crippen LogP contribution in [0.2, 0.25) is 0 Å². The Labute approximate surface area is 90.0 Å². The fourth-order valence-corrected chi connectivity index (χ4v) is 1.18. The van der Waals surface area contributed by atoms with Crippen LogP contribution in [0.3, 0.4) is 0 Å². The summed E-state index contributed by atoms with van der Waals surface area (Å²) in [6.45, 7) is 2.23. The Morgan fingerprint density at radius 2 is 1.50 bits per heavy atom. The summed E-state index contributed by atoms with van der Waals surface area (Å²) < 4.78 is 0. The molecule has 0 heterocycles. The SMILES string of the molecule is CCCCCCCCCC=O.[H-].[Li+]. The maximum atomic E-state index is 9.94. The number of aldehydes is 1. The largest absolute Gasteiger partial charge is 1.00 e. The van der Waals surface area contributed by atoms with E-state index in [0.29, 0.717) is 0 Å². The Hall–Kier alpha value is 0.267. The molecule has 0 aliphatic rings. The van der Waals surface area contributed by atoms with Crippen molar-refractivity contribution in [1.29, 1.82) is 0 Å². The first-order valence-corrected chi connectivity index (χ1v) is 4.85. The molecule has 0 atom stereocenters. The van der Waals surface area contributed by atoms with E-state index in [1.807, 2.05) is 0 Å². The molecule has 0 aliphatic carbocycles. The standard InChI is InChI=1S/C10H20O.Li.H/c1-2-3-4-5-6-7-8-9-10-11;;/h10H,2-9H2,1H3;;/q;+1;-1. The predicted octanol–water partition coefficient (Wildman–Crippen LogP) is 0.442. The van der Waals surface area contributed by atoms with Crippen molar-refractivity contribution in [2.75, 3.05) is 0 Å². The second-order valence-electron chi connectivity index (χ2n) is 3.08. The number of carbonyl (C=O) groups is 1. The molecule has 1 nitrogen and oxygen atoms in total. The van der Waals surface area contributed by atoms with Crippen LogP contribution in [0.5, 0.6) is 0 Å². The molecular weight excluding hydrogens is 143 g/mol. The maximum absolute atomic E-state index is 9.94. The quantitative estimate of drug-likeness (QED) is 0.289. The molecule has 0 rings (SSSR count). The topological polar surface area (TPSA) is 17.1 Å². The molecule has 0 saturated heterocycles. The molecule has 0 saturated carbocycles. The summed E-state index contributed by atoms with van der Waals surface area (Å²) in [7, 11) is 0. The molecule has 0 bridgehead atoms. The van der Waals surface area contributed by atoms with Crippen molar-refractivity contribution < 1.29 is 25.1 Å². The van der Waals surface area contributed by atoms with Crippen molar-refractivity contribution >= 4 is 6.29 Å². The molecule has 0 aromatic carbocycles. The summed E-state index contributed by atoms with van der Waals surface area (Å²) in [4.78, 5) is 9.94. The van der Waals surface area contributed by atoms with Gasteiger partial charge in [0.25, 0.3) is 0 Å². The Kier molecular flexibility index (Phi) is 17.0. The molecular formula is C10H21LiO. The van der Waals surface area contributed by atoms with Gasteiger partial charge in [-0.15, -0.1) is 0 Å². The summed E-state index contributed by atoms with van der Waals surface area (Å²) in [5.74, 6) is 0. The molecule has 0 N–H and O–H groups in total. The van der Waals surface area contributed by atoms with E-state index in [1.165, 1.54) is 38.5 Å². The minimum absolute atomic E-state index is 0. The summed E-state index contributed by atoms with van der Waals surface area (Å²) >= 11 is 0. The molecule has 0 aromatic heterocycles. The third-order valence-electron chi connectivity index (χ3n) is 1.93. The van der Waals surface area contributed by atoms with Crippen LogP contribution < -0.4 is 18.9 Å². The normalized spacial score (nSPS) is 9.08. The molecule has 68 valence electrons. The number of rotatable bonds is 8. The van der Waals surface area contributed by atoms with Gasteiger partial charge in [-0.1, -0.05) is 45.4 Å². The van der Waals surface area contributed by atoms with Gasteiger partial charge in [0.15, 0.2) is 0 Å². The van der Waals surface area contributed by atoms with Gasteiger partial charge < -0.3 is 6.22 Å². The second kappa shape index (κ2) is 13.8. The minimum Gasteiger partial charge on any atom is -1.00 e. The molecule has 0 amide bonds. The average molecular weight is 164 g/mol. The molecule has 0 aromatic rings. The fraction of sp³-hybridized carbons (Fsp3) is 0.900. The van der Waals surface area contributed by atoms with Crippen LogP contribution in [0.15, 0.2) is 0 Å². The van der Waals surface area contributed by atoms with E-state index in [0.717, 1.165) is 19.1 Å². The average Bonchev–Trinajstić information content (AvgIpc) is 2.03. The molecule has 0 spiro atoms. The zero-order valence-electron chi connectivity index (χ0n) is 9.64. The van der Waals surface area contributed by atoms with Crippen molar-refractivity contribution in [3.8, 4) is 0 Å². The van der Waals surface area contributed by atoms with Crippen molar-refractivity contribution in [3.63, 3.8) is 0 Å². The van der Waals surface area contributed by atoms with Gasteiger partial charge in [-0.3, -0.25) is 0 Å². The molecule has 0 fully saturated rings. The van der Waals surface area contributed by atoms with Gasteiger partial charge in [0, 0.05) is 6.42 Å². The Bertz CT molecular complexity index is 89.0. The van der Waals surface area contributed by atoms with E-state index in [4.69, 9.17) is 0 Å². The van der Waals surface area contributed by atoms with Gasteiger partial charge in [0.05, 0.1) is 0 Å². The molecule has 2 heteroatoms. The van der Waals surface area contributed by atoms with Crippen LogP contribution in [-0.2, 0) is 4.79 Å². The first-order chi connectivity index (χ1) is 5.41. The first kappa shape index (κ1) is 14.8. The van der Waals surface area contributed by atoms with Crippen LogP contribution in [0.1, 0.15) is 59.7 Å². The van der Waals surface area contributed by atoms with Crippen LogP contribution in [0.4, 0.5) is 0 Å². The van der Waals surface area contributed by atoms with Gasteiger partial charge >= 0.3 is 18.9 Å². The number of unbranched alkanes of at least 4 members (excludes halogenated alkanes) is 7. The molecule has 12 heavy (non-hydrogen) atoms. The van der Waals surface area contributed by atoms with E-state index < -0.39 is 0 Å². The van der Waals surface area contributed by atoms with E-state index in [-0.39, 0.29) is 20.3 Å². The number of hydrogen-bond acceptors (Lipinski definition) is 1. The zero-order valence-corrected chi connectivity index (χ0v) is 8.64. The summed E-state index contributed by atoms with van der Waals surface area (Å²) in [5, 5.41) is 0. The van der Waals surface area contributed by atoms with Crippen LogP contribution in [-0.4, -0.2) is 6.29 Å². The molecule has 0 radical (unpaired) electrons. The summed E-state index contributed by atoms with van der Waals surface area (Å²) in [6.07, 6.45) is 10.8. The maximum Gasteiger partial charge on any atom is 1.00 e. The first-order valence-electron chi connectivity index (χ1n) is 4.85. The third-order valence-corrected chi connectivity index (χ3v) is 1.93. The second-order valence-corrected chi connectivity index (χ2v) is 3.08. The van der Waals surface area contributed by atoms with E-state index in [1.54, 1.807) is 0 Å². The van der Waals surface area contributed by atoms with Crippen molar-refractivity contribution in [2.45, 2.75) is 58.3 Å². The monoisotopic (exact) mass is 164 g/mol. The zero-order chi connectivity index (χ0) is 8.36. The fourth-order valence-electron chi connectivity index (χ4n) is 1.18. The third kappa shape index (κ3) is 12.9. The van der Waals surface area contributed by atoms with Crippen molar-refractivity contribution in [1.82, 2.24) is 0 Å². The molecule has 0 unspecified atom stereocenters. The summed E-state index contributed by atoms with van der Waals surface area (Å²) in [5.41, 5.74) is 0. The van der Waals surface area contributed by atoms with Gasteiger partial charge in [-0.2, -0.15) is 0 Å². The predicted molar refractivity (Wildman–Crippen MR) is 49.8 cm³/mol. The number of carbonyl (C=O) groups excluding carboxylic acids is 1. The number of hydrogen-bond donors (Lipinski definition) is 0. The van der Waals surface area contributed by atoms with Crippen molar-refractivity contribution in [3.05, 3.63) is 0 Å². The van der Waals surface area contributed by atoms with Crippen molar-refractivity contribution in [2.24, 2.45) is 0 Å².